The quantitative estimate of drug-likeness (QED) is 0.559. The van der Waals surface area contributed by atoms with E-state index in [4.69, 9.17) is 7.85 Å². The van der Waals surface area contributed by atoms with E-state index in [0.717, 1.165) is 0 Å². The Morgan fingerprint density at radius 2 is 1.90 bits per heavy atom. The molecule has 0 aliphatic rings. The minimum absolute atomic E-state index is 0.442. The molecule has 2 radical (unpaired) electrons. The lowest BCUT2D eigenvalue weighted by atomic mass is 10.2. The van der Waals surface area contributed by atoms with Crippen LogP contribution in [0.25, 0.3) is 0 Å². The number of hydrogen-bond donors (Lipinski definition) is 0. The Balaban J connectivity index is 2.59. The normalized spacial score (nSPS) is 12.5. The second-order valence-corrected chi connectivity index (χ2v) is 1.78. The van der Waals surface area contributed by atoms with Gasteiger partial charge in [-0.2, -0.15) is 0 Å². The van der Waals surface area contributed by atoms with Crippen LogP contribution in [0.3, 0.4) is 0 Å². The fourth-order valence-corrected chi connectivity index (χ4v) is 0.629. The van der Waals surface area contributed by atoms with Gasteiger partial charge >= 0.3 is 0 Å². The smallest absolute Gasteiger partial charge is 0.188 e. The highest BCUT2D eigenvalue weighted by molar-refractivity contribution is 6.10. The second kappa shape index (κ2) is 3.25. The first-order valence-electron chi connectivity index (χ1n) is 2.90. The minimum Gasteiger partial charge on any atom is -0.470 e. The fourth-order valence-electron chi connectivity index (χ4n) is 0.629. The summed E-state index contributed by atoms with van der Waals surface area (Å²) in [5.41, 5.74) is 0. The summed E-state index contributed by atoms with van der Waals surface area (Å²) in [4.78, 5) is 0. The summed E-state index contributed by atoms with van der Waals surface area (Å²) in [6.45, 7) is 0. The largest absolute Gasteiger partial charge is 0.470 e. The van der Waals surface area contributed by atoms with Crippen molar-refractivity contribution in [3.63, 3.8) is 0 Å². The van der Waals surface area contributed by atoms with Gasteiger partial charge in [-0.05, 0) is 12.1 Å². The number of benzene rings is 1. The van der Waals surface area contributed by atoms with Gasteiger partial charge in [0.05, 0.1) is 0 Å². The first-order valence-corrected chi connectivity index (χ1v) is 2.90. The molecule has 0 aromatic heterocycles. The van der Waals surface area contributed by atoms with Gasteiger partial charge in [-0.15, -0.1) is 0 Å². The Bertz CT molecular complexity index is 188. The van der Waals surface area contributed by atoms with Crippen LogP contribution in [0.15, 0.2) is 30.3 Å². The summed E-state index contributed by atoms with van der Waals surface area (Å²) in [6.07, 6.45) is -1.73. The molecule has 50 valence electrons. The van der Waals surface area contributed by atoms with Gasteiger partial charge in [-0.1, -0.05) is 18.2 Å². The van der Waals surface area contributed by atoms with E-state index in [9.17, 15) is 4.39 Å². The molecule has 0 heterocycles. The molecule has 0 aliphatic heterocycles. The zero-order valence-electron chi connectivity index (χ0n) is 5.33. The van der Waals surface area contributed by atoms with Crippen LogP contribution in [0.4, 0.5) is 4.39 Å². The third kappa shape index (κ3) is 2.09. The van der Waals surface area contributed by atoms with Crippen molar-refractivity contribution in [2.75, 3.05) is 0 Å². The number of alkyl halides is 1. The first kappa shape index (κ1) is 7.13. The molecule has 1 aromatic rings. The summed E-state index contributed by atoms with van der Waals surface area (Å²) >= 11 is 0. The number of para-hydroxylation sites is 1. The zero-order chi connectivity index (χ0) is 7.40. The lowest BCUT2D eigenvalue weighted by Gasteiger charge is -2.05. The van der Waals surface area contributed by atoms with Crippen LogP contribution in [-0.2, 0) is 0 Å². The molecule has 0 saturated heterocycles. The van der Waals surface area contributed by atoms with Crippen LogP contribution >= 0.6 is 0 Å². The van der Waals surface area contributed by atoms with Crippen molar-refractivity contribution in [3.05, 3.63) is 30.3 Å². The molecule has 1 atom stereocenters. The maximum absolute atomic E-state index is 11.9. The molecule has 0 bridgehead atoms. The van der Waals surface area contributed by atoms with Gasteiger partial charge < -0.3 is 4.74 Å². The van der Waals surface area contributed by atoms with Gasteiger partial charge in [0, 0.05) is 0 Å². The Morgan fingerprint density at radius 3 is 2.40 bits per heavy atom. The number of rotatable bonds is 2. The number of hydrogen-bond acceptors (Lipinski definition) is 1. The molecule has 0 amide bonds. The van der Waals surface area contributed by atoms with Crippen molar-refractivity contribution in [2.45, 2.75) is 6.26 Å². The fraction of sp³-hybridized carbons (Fsp3) is 0.143. The molecule has 0 saturated carbocycles. The maximum Gasteiger partial charge on any atom is 0.188 e. The second-order valence-electron chi connectivity index (χ2n) is 1.78. The third-order valence-corrected chi connectivity index (χ3v) is 0.992. The molecule has 10 heavy (non-hydrogen) atoms. The average Bonchev–Trinajstić information content (AvgIpc) is 1.88. The molecule has 1 aromatic carbocycles. The van der Waals surface area contributed by atoms with Gasteiger partial charge in [0.25, 0.3) is 0 Å². The molecule has 0 N–H and O–H groups in total. The van der Waals surface area contributed by atoms with E-state index < -0.39 is 6.26 Å². The predicted octanol–water partition coefficient (Wildman–Crippen LogP) is 1.49. The SMILES string of the molecule is [B]C(F)Oc1ccccc1. The van der Waals surface area contributed by atoms with Crippen LogP contribution < -0.4 is 4.74 Å². The van der Waals surface area contributed by atoms with E-state index in [2.05, 4.69) is 4.74 Å². The molecule has 0 aliphatic carbocycles. The van der Waals surface area contributed by atoms with Crippen molar-refractivity contribution in [3.8, 4) is 5.75 Å². The molecule has 1 rings (SSSR count). The van der Waals surface area contributed by atoms with E-state index in [-0.39, 0.29) is 0 Å². The van der Waals surface area contributed by atoms with Gasteiger partial charge in [0.2, 0.25) is 0 Å². The molecule has 3 heteroatoms. The highest BCUT2D eigenvalue weighted by atomic mass is 19.1. The van der Waals surface area contributed by atoms with Crippen molar-refractivity contribution >= 4 is 7.85 Å². The summed E-state index contributed by atoms with van der Waals surface area (Å²) in [7, 11) is 4.74. The lowest BCUT2D eigenvalue weighted by molar-refractivity contribution is 0.146. The number of ether oxygens (including phenoxy) is 1. The van der Waals surface area contributed by atoms with Crippen molar-refractivity contribution in [2.24, 2.45) is 0 Å². The summed E-state index contributed by atoms with van der Waals surface area (Å²) < 4.78 is 16.5. The van der Waals surface area contributed by atoms with Crippen LogP contribution in [0.1, 0.15) is 0 Å². The third-order valence-electron chi connectivity index (χ3n) is 0.992. The van der Waals surface area contributed by atoms with E-state index in [1.165, 1.54) is 0 Å². The van der Waals surface area contributed by atoms with E-state index in [0.29, 0.717) is 5.75 Å². The van der Waals surface area contributed by atoms with Crippen molar-refractivity contribution < 1.29 is 9.13 Å². The Morgan fingerprint density at radius 1 is 1.30 bits per heavy atom. The van der Waals surface area contributed by atoms with Crippen LogP contribution in [0, 0.1) is 0 Å². The van der Waals surface area contributed by atoms with Gasteiger partial charge in [-0.3, -0.25) is 0 Å². The van der Waals surface area contributed by atoms with Crippen LogP contribution in [0.2, 0.25) is 0 Å². The lowest BCUT2D eigenvalue weighted by Crippen LogP contribution is -2.08. The molecular formula is C7H6BFO. The van der Waals surface area contributed by atoms with Gasteiger partial charge in [0.1, 0.15) is 5.75 Å². The highest BCUT2D eigenvalue weighted by Crippen LogP contribution is 2.09. The van der Waals surface area contributed by atoms with E-state index in [1.54, 1.807) is 24.3 Å². The molecule has 0 spiro atoms. The van der Waals surface area contributed by atoms with E-state index >= 15 is 0 Å². The van der Waals surface area contributed by atoms with Crippen molar-refractivity contribution in [1.29, 1.82) is 0 Å². The number of halogens is 1. The Hall–Kier alpha value is -0.985. The Kier molecular flexibility index (Phi) is 2.32. The predicted molar refractivity (Wildman–Crippen MR) is 37.7 cm³/mol. The first-order chi connectivity index (χ1) is 4.79. The molecule has 0 fully saturated rings. The topological polar surface area (TPSA) is 9.23 Å². The monoisotopic (exact) mass is 136 g/mol. The highest BCUT2D eigenvalue weighted by Gasteiger charge is 1.96. The van der Waals surface area contributed by atoms with Gasteiger partial charge in [0.15, 0.2) is 14.1 Å². The molecule has 1 nitrogen and oxygen atoms in total. The van der Waals surface area contributed by atoms with E-state index in [1.807, 2.05) is 6.07 Å². The van der Waals surface area contributed by atoms with Crippen LogP contribution in [0.5, 0.6) is 5.75 Å². The van der Waals surface area contributed by atoms with Crippen molar-refractivity contribution in [1.82, 2.24) is 0 Å². The molecule has 1 unspecified atom stereocenters. The maximum atomic E-state index is 11.9. The summed E-state index contributed by atoms with van der Waals surface area (Å²) in [6, 6.07) is 8.59. The minimum atomic E-state index is -1.73. The standard InChI is InChI=1S/C7H6BFO/c8-7(9)10-6-4-2-1-3-5-6/h1-5,7H. The zero-order valence-corrected chi connectivity index (χ0v) is 5.33. The summed E-state index contributed by atoms with van der Waals surface area (Å²) in [5, 5.41) is 0. The Labute approximate surface area is 60.2 Å². The average molecular weight is 136 g/mol. The van der Waals surface area contributed by atoms with Crippen LogP contribution in [-0.4, -0.2) is 14.1 Å². The summed E-state index contributed by atoms with van der Waals surface area (Å²) in [5.74, 6) is 0.442. The molecular weight excluding hydrogens is 130 g/mol. The van der Waals surface area contributed by atoms with Gasteiger partial charge in [-0.25, -0.2) is 4.39 Å².